The van der Waals surface area contributed by atoms with Crippen LogP contribution in [0.5, 0.6) is 0 Å². The van der Waals surface area contributed by atoms with E-state index in [1.165, 1.54) is 30.1 Å². The van der Waals surface area contributed by atoms with Crippen LogP contribution in [-0.4, -0.2) is 46.1 Å². The van der Waals surface area contributed by atoms with Crippen LogP contribution in [-0.2, 0) is 14.3 Å². The van der Waals surface area contributed by atoms with Gasteiger partial charge >= 0.3 is 5.97 Å². The van der Waals surface area contributed by atoms with E-state index in [0.29, 0.717) is 12.8 Å². The van der Waals surface area contributed by atoms with Gasteiger partial charge in [-0.1, -0.05) is 62.3 Å². The van der Waals surface area contributed by atoms with Crippen molar-refractivity contribution in [2.24, 2.45) is 5.41 Å². The molecule has 4 nitrogen and oxygen atoms in total. The van der Waals surface area contributed by atoms with Crippen LogP contribution in [0.1, 0.15) is 33.6 Å². The summed E-state index contributed by atoms with van der Waals surface area (Å²) in [5.41, 5.74) is 3.28. The standard InChI is InChI=1S/C18H31NO3Si/c1-8-23(9-2,10-3)13-15-12-18(11-14(15)4,17(21)22-7)16(20)19(5)6/h13H,4,8-12H2,1-3,5-7H3/b15-13-. The maximum absolute atomic E-state index is 12.7. The van der Waals surface area contributed by atoms with Gasteiger partial charge in [0.25, 0.3) is 0 Å². The lowest BCUT2D eigenvalue weighted by Gasteiger charge is -2.28. The van der Waals surface area contributed by atoms with Crippen LogP contribution in [0.2, 0.25) is 18.1 Å². The molecule has 0 aliphatic heterocycles. The predicted molar refractivity (Wildman–Crippen MR) is 96.8 cm³/mol. The van der Waals surface area contributed by atoms with Gasteiger partial charge in [0.05, 0.1) is 15.2 Å². The summed E-state index contributed by atoms with van der Waals surface area (Å²) in [5.74, 6) is -0.636. The summed E-state index contributed by atoms with van der Waals surface area (Å²) in [7, 11) is 3.22. The van der Waals surface area contributed by atoms with Crippen LogP contribution in [0.15, 0.2) is 23.4 Å². The molecule has 0 radical (unpaired) electrons. The number of carbonyl (C=O) groups excluding carboxylic acids is 2. The van der Waals surface area contributed by atoms with Gasteiger partial charge in [0.1, 0.15) is 0 Å². The number of rotatable bonds is 6. The molecule has 1 fully saturated rings. The molecular formula is C18H31NO3Si. The number of carbonyl (C=O) groups is 2. The van der Waals surface area contributed by atoms with Gasteiger partial charge in [-0.25, -0.2) is 0 Å². The van der Waals surface area contributed by atoms with Crippen molar-refractivity contribution >= 4 is 20.0 Å². The van der Waals surface area contributed by atoms with Crippen LogP contribution in [0.4, 0.5) is 0 Å². The summed E-state index contributed by atoms with van der Waals surface area (Å²) >= 11 is 0. The van der Waals surface area contributed by atoms with E-state index in [9.17, 15) is 9.59 Å². The number of hydrogen-bond acceptors (Lipinski definition) is 3. The molecule has 1 amide bonds. The number of ether oxygens (including phenoxy) is 1. The second kappa shape index (κ2) is 7.47. The molecule has 130 valence electrons. The molecule has 0 aromatic carbocycles. The van der Waals surface area contributed by atoms with Crippen LogP contribution in [0.3, 0.4) is 0 Å². The Labute approximate surface area is 141 Å². The van der Waals surface area contributed by atoms with E-state index in [1.807, 2.05) is 0 Å². The Balaban J connectivity index is 3.31. The molecule has 0 aromatic rings. The molecule has 1 rings (SSSR count). The minimum Gasteiger partial charge on any atom is -0.468 e. The van der Waals surface area contributed by atoms with E-state index in [2.05, 4.69) is 33.0 Å². The Morgan fingerprint density at radius 1 is 1.22 bits per heavy atom. The maximum atomic E-state index is 12.7. The van der Waals surface area contributed by atoms with Gasteiger partial charge in [0, 0.05) is 14.1 Å². The first-order chi connectivity index (χ1) is 10.7. The first-order valence-electron chi connectivity index (χ1n) is 8.42. The number of allylic oxidation sites excluding steroid dienone is 2. The van der Waals surface area contributed by atoms with Crippen molar-refractivity contribution < 1.29 is 14.3 Å². The molecule has 1 saturated carbocycles. The fraction of sp³-hybridized carbons (Fsp3) is 0.667. The van der Waals surface area contributed by atoms with Crippen molar-refractivity contribution in [2.75, 3.05) is 21.2 Å². The topological polar surface area (TPSA) is 46.6 Å². The molecule has 1 unspecified atom stereocenters. The zero-order chi connectivity index (χ0) is 17.8. The number of nitrogens with zero attached hydrogens (tertiary/aromatic N) is 1. The van der Waals surface area contributed by atoms with Crippen LogP contribution < -0.4 is 0 Å². The Hall–Kier alpha value is -1.36. The third-order valence-corrected chi connectivity index (χ3v) is 10.6. The third kappa shape index (κ3) is 3.60. The SMILES string of the molecule is C=C1CC(C(=O)OC)(C(=O)N(C)C)C/C1=C/[Si](CC)(CC)CC. The number of esters is 1. The summed E-state index contributed by atoms with van der Waals surface area (Å²) < 4.78 is 4.97. The second-order valence-corrected chi connectivity index (χ2v) is 12.0. The lowest BCUT2D eigenvalue weighted by Crippen LogP contribution is -2.45. The monoisotopic (exact) mass is 337 g/mol. The van der Waals surface area contributed by atoms with Gasteiger partial charge in [-0.2, -0.15) is 0 Å². The zero-order valence-electron chi connectivity index (χ0n) is 15.5. The quantitative estimate of drug-likeness (QED) is 0.423. The van der Waals surface area contributed by atoms with E-state index >= 15 is 0 Å². The normalized spacial score (nSPS) is 23.2. The average molecular weight is 338 g/mol. The van der Waals surface area contributed by atoms with Gasteiger partial charge in [0.15, 0.2) is 5.41 Å². The first-order valence-corrected chi connectivity index (χ1v) is 11.1. The molecule has 1 atom stereocenters. The minimum absolute atomic E-state index is 0.189. The first kappa shape index (κ1) is 19.7. The van der Waals surface area contributed by atoms with E-state index < -0.39 is 19.5 Å². The summed E-state index contributed by atoms with van der Waals surface area (Å²) in [6.07, 6.45) is 0.786. The Bertz CT molecular complexity index is 512. The number of hydrogen-bond donors (Lipinski definition) is 0. The highest BCUT2D eigenvalue weighted by Gasteiger charge is 2.53. The fourth-order valence-electron chi connectivity index (χ4n) is 3.58. The molecule has 23 heavy (non-hydrogen) atoms. The second-order valence-electron chi connectivity index (χ2n) is 6.82. The van der Waals surface area contributed by atoms with Crippen molar-refractivity contribution in [1.82, 2.24) is 4.90 Å². The molecule has 1 aliphatic carbocycles. The summed E-state index contributed by atoms with van der Waals surface area (Å²) in [6.45, 7) is 10.9. The molecular weight excluding hydrogens is 306 g/mol. The van der Waals surface area contributed by atoms with E-state index in [0.717, 1.165) is 11.1 Å². The Morgan fingerprint density at radius 2 is 1.74 bits per heavy atom. The molecule has 0 bridgehead atoms. The van der Waals surface area contributed by atoms with Crippen molar-refractivity contribution in [3.8, 4) is 0 Å². The highest BCUT2D eigenvalue weighted by atomic mass is 28.3. The average Bonchev–Trinajstić information content (AvgIpc) is 2.88. The molecule has 0 spiro atoms. The number of methoxy groups -OCH3 is 1. The molecule has 0 N–H and O–H groups in total. The largest absolute Gasteiger partial charge is 0.468 e. The third-order valence-electron chi connectivity index (χ3n) is 5.45. The van der Waals surface area contributed by atoms with Gasteiger partial charge in [-0.15, -0.1) is 0 Å². The Kier molecular flexibility index (Phi) is 6.39. The number of amides is 1. The van der Waals surface area contributed by atoms with Crippen molar-refractivity contribution in [3.05, 3.63) is 23.4 Å². The molecule has 5 heteroatoms. The summed E-state index contributed by atoms with van der Waals surface area (Å²) in [4.78, 5) is 26.6. The Morgan fingerprint density at radius 3 is 2.13 bits per heavy atom. The van der Waals surface area contributed by atoms with Crippen molar-refractivity contribution in [1.29, 1.82) is 0 Å². The molecule has 0 aromatic heterocycles. The van der Waals surface area contributed by atoms with Crippen molar-refractivity contribution in [2.45, 2.75) is 51.7 Å². The lowest BCUT2D eigenvalue weighted by atomic mass is 9.84. The summed E-state index contributed by atoms with van der Waals surface area (Å²) in [5, 5.41) is 0. The minimum atomic E-state index is -1.49. The molecule has 0 heterocycles. The highest BCUT2D eigenvalue weighted by molar-refractivity contribution is 6.84. The zero-order valence-corrected chi connectivity index (χ0v) is 16.5. The van der Waals surface area contributed by atoms with Crippen LogP contribution >= 0.6 is 0 Å². The van der Waals surface area contributed by atoms with Gasteiger partial charge in [-0.05, 0) is 12.8 Å². The lowest BCUT2D eigenvalue weighted by molar-refractivity contribution is -0.161. The van der Waals surface area contributed by atoms with Crippen molar-refractivity contribution in [3.63, 3.8) is 0 Å². The van der Waals surface area contributed by atoms with Crippen LogP contribution in [0, 0.1) is 5.41 Å². The molecule has 0 saturated heterocycles. The highest BCUT2D eigenvalue weighted by Crippen LogP contribution is 2.47. The van der Waals surface area contributed by atoms with E-state index in [4.69, 9.17) is 4.74 Å². The maximum Gasteiger partial charge on any atom is 0.322 e. The van der Waals surface area contributed by atoms with Gasteiger partial charge < -0.3 is 9.64 Å². The fourth-order valence-corrected chi connectivity index (χ4v) is 6.73. The van der Waals surface area contributed by atoms with E-state index in [-0.39, 0.29) is 5.91 Å². The molecule has 1 aliphatic rings. The van der Waals surface area contributed by atoms with E-state index in [1.54, 1.807) is 14.1 Å². The smallest absolute Gasteiger partial charge is 0.322 e. The van der Waals surface area contributed by atoms with Gasteiger partial charge in [0.2, 0.25) is 5.91 Å². The van der Waals surface area contributed by atoms with Gasteiger partial charge in [-0.3, -0.25) is 9.59 Å². The predicted octanol–water partition coefficient (Wildman–Crippen LogP) is 3.56. The van der Waals surface area contributed by atoms with Crippen LogP contribution in [0.25, 0.3) is 0 Å². The summed E-state index contributed by atoms with van der Waals surface area (Å²) in [6, 6.07) is 3.51.